The monoisotopic (exact) mass is 378 g/mol. The maximum absolute atomic E-state index is 13.1. The number of H-pyrrole nitrogens is 1. The van der Waals surface area contributed by atoms with Crippen molar-refractivity contribution in [1.82, 2.24) is 9.88 Å². The van der Waals surface area contributed by atoms with E-state index in [0.29, 0.717) is 35.7 Å². The second-order valence-corrected chi connectivity index (χ2v) is 6.97. The minimum Gasteiger partial charge on any atom is -0.466 e. The molecule has 2 atom stereocenters. The minimum atomic E-state index is -0.421. The average Bonchev–Trinajstić information content (AvgIpc) is 2.95. The normalized spacial score (nSPS) is 18.8. The van der Waals surface area contributed by atoms with Crippen LogP contribution < -0.4 is 0 Å². The molecule has 0 bridgehead atoms. The molecule has 1 aliphatic rings. The molecular formula is C20H30N2O5. The maximum atomic E-state index is 13.1. The summed E-state index contributed by atoms with van der Waals surface area (Å²) in [6.07, 6.45) is 1.63. The number of hydrogen-bond acceptors (Lipinski definition) is 6. The number of aryl methyl sites for hydroxylation is 1. The zero-order valence-electron chi connectivity index (χ0n) is 16.9. The Labute approximate surface area is 160 Å². The van der Waals surface area contributed by atoms with Gasteiger partial charge in [-0.25, -0.2) is 4.79 Å². The number of hydrogen-bond donors (Lipinski definition) is 1. The summed E-state index contributed by atoms with van der Waals surface area (Å²) in [5.74, 6) is -0.902. The molecule has 0 amide bonds. The molecule has 0 spiro atoms. The molecule has 1 aromatic heterocycles. The number of ketones is 1. The lowest BCUT2D eigenvalue weighted by Gasteiger charge is -2.35. The van der Waals surface area contributed by atoms with Gasteiger partial charge in [0.25, 0.3) is 0 Å². The van der Waals surface area contributed by atoms with Gasteiger partial charge in [-0.05, 0) is 59.6 Å². The van der Waals surface area contributed by atoms with E-state index in [2.05, 4.69) is 4.98 Å². The molecular weight excluding hydrogens is 348 g/mol. The Morgan fingerprint density at radius 3 is 2.48 bits per heavy atom. The van der Waals surface area contributed by atoms with E-state index in [1.165, 1.54) is 0 Å². The number of Topliss-reactive ketones (excluding diaryl/α,β-unsaturated/α-hetero) is 1. The average molecular weight is 378 g/mol. The highest BCUT2D eigenvalue weighted by atomic mass is 16.5. The number of aromatic amines is 1. The summed E-state index contributed by atoms with van der Waals surface area (Å²) in [5.41, 5.74) is 2.10. The van der Waals surface area contributed by atoms with Crippen molar-refractivity contribution in [3.63, 3.8) is 0 Å². The number of nitrogens with one attached hydrogen (secondary N) is 1. The molecule has 2 heterocycles. The van der Waals surface area contributed by atoms with Gasteiger partial charge in [0.05, 0.1) is 36.4 Å². The lowest BCUT2D eigenvalue weighted by molar-refractivity contribution is -0.150. The topological polar surface area (TPSA) is 88.7 Å². The highest BCUT2D eigenvalue weighted by Gasteiger charge is 2.33. The summed E-state index contributed by atoms with van der Waals surface area (Å²) >= 11 is 0. The van der Waals surface area contributed by atoms with E-state index in [-0.39, 0.29) is 24.3 Å². The van der Waals surface area contributed by atoms with E-state index in [9.17, 15) is 14.4 Å². The first kappa shape index (κ1) is 21.2. The van der Waals surface area contributed by atoms with Crippen molar-refractivity contribution in [3.05, 3.63) is 22.5 Å². The number of ether oxygens (including phenoxy) is 2. The largest absolute Gasteiger partial charge is 0.466 e. The van der Waals surface area contributed by atoms with Crippen LogP contribution in [0.5, 0.6) is 0 Å². The van der Waals surface area contributed by atoms with Crippen LogP contribution >= 0.6 is 0 Å². The van der Waals surface area contributed by atoms with Gasteiger partial charge < -0.3 is 14.5 Å². The number of carbonyl (C=O) groups is 3. The van der Waals surface area contributed by atoms with Crippen LogP contribution in [0, 0.1) is 19.8 Å². The molecule has 1 aliphatic heterocycles. The molecule has 2 rings (SSSR count). The molecule has 1 saturated heterocycles. The molecule has 0 aromatic carbocycles. The van der Waals surface area contributed by atoms with Crippen molar-refractivity contribution in [2.75, 3.05) is 26.3 Å². The van der Waals surface area contributed by atoms with E-state index in [1.807, 2.05) is 11.8 Å². The minimum absolute atomic E-state index is 0.0874. The van der Waals surface area contributed by atoms with Gasteiger partial charge >= 0.3 is 11.9 Å². The second kappa shape index (κ2) is 9.17. The fourth-order valence-corrected chi connectivity index (χ4v) is 3.69. The SMILES string of the molecule is CCOC(=O)c1c(C)[nH]c(C(=O)[C@@H](C)N2CCC[C@@H](C(=O)OCC)C2)c1C. The fraction of sp³-hybridized carbons (Fsp3) is 0.650. The Kier molecular flexibility index (Phi) is 7.18. The number of nitrogens with zero attached hydrogens (tertiary/aromatic N) is 1. The molecule has 0 radical (unpaired) electrons. The number of rotatable bonds is 7. The third kappa shape index (κ3) is 4.58. The van der Waals surface area contributed by atoms with Gasteiger partial charge in [0.15, 0.2) is 5.78 Å². The van der Waals surface area contributed by atoms with Crippen molar-refractivity contribution < 1.29 is 23.9 Å². The first-order chi connectivity index (χ1) is 12.8. The smallest absolute Gasteiger partial charge is 0.340 e. The fourth-order valence-electron chi connectivity index (χ4n) is 3.69. The number of likely N-dealkylation sites (tertiary alicyclic amines) is 1. The molecule has 1 N–H and O–H groups in total. The van der Waals surface area contributed by atoms with Crippen LogP contribution in [0.3, 0.4) is 0 Å². The molecule has 150 valence electrons. The molecule has 7 nitrogen and oxygen atoms in total. The van der Waals surface area contributed by atoms with Crippen LogP contribution in [0.15, 0.2) is 0 Å². The third-order valence-corrected chi connectivity index (χ3v) is 5.16. The molecule has 1 fully saturated rings. The summed E-state index contributed by atoms with van der Waals surface area (Å²) in [6, 6.07) is -0.394. The summed E-state index contributed by atoms with van der Waals surface area (Å²) in [6.45, 7) is 10.8. The van der Waals surface area contributed by atoms with Gasteiger partial charge in [0, 0.05) is 12.2 Å². The van der Waals surface area contributed by atoms with Gasteiger partial charge in [-0.15, -0.1) is 0 Å². The first-order valence-electron chi connectivity index (χ1n) is 9.62. The van der Waals surface area contributed by atoms with Crippen LogP contribution in [-0.4, -0.2) is 60.0 Å². The number of aromatic nitrogens is 1. The van der Waals surface area contributed by atoms with Gasteiger partial charge in [0.1, 0.15) is 0 Å². The van der Waals surface area contributed by atoms with Gasteiger partial charge in [-0.2, -0.15) is 0 Å². The van der Waals surface area contributed by atoms with Crippen molar-refractivity contribution in [3.8, 4) is 0 Å². The molecule has 1 aromatic rings. The van der Waals surface area contributed by atoms with Crippen LogP contribution in [0.25, 0.3) is 0 Å². The lowest BCUT2D eigenvalue weighted by Crippen LogP contribution is -2.47. The molecule has 7 heteroatoms. The van der Waals surface area contributed by atoms with Gasteiger partial charge in [-0.3, -0.25) is 14.5 Å². The Morgan fingerprint density at radius 2 is 1.85 bits per heavy atom. The van der Waals surface area contributed by atoms with Crippen LogP contribution in [0.1, 0.15) is 65.7 Å². The second-order valence-electron chi connectivity index (χ2n) is 6.97. The zero-order chi connectivity index (χ0) is 20.1. The predicted molar refractivity (Wildman–Crippen MR) is 101 cm³/mol. The quantitative estimate of drug-likeness (QED) is 0.580. The summed E-state index contributed by atoms with van der Waals surface area (Å²) < 4.78 is 10.2. The molecule has 0 aliphatic carbocycles. The highest BCUT2D eigenvalue weighted by molar-refractivity contribution is 6.03. The summed E-state index contributed by atoms with van der Waals surface area (Å²) in [7, 11) is 0. The van der Waals surface area contributed by atoms with E-state index in [1.54, 1.807) is 27.7 Å². The van der Waals surface area contributed by atoms with Crippen molar-refractivity contribution in [1.29, 1.82) is 0 Å². The van der Waals surface area contributed by atoms with Crippen molar-refractivity contribution >= 4 is 17.7 Å². The lowest BCUT2D eigenvalue weighted by atomic mass is 9.95. The summed E-state index contributed by atoms with van der Waals surface area (Å²) in [4.78, 5) is 42.4. The van der Waals surface area contributed by atoms with E-state index < -0.39 is 12.0 Å². The zero-order valence-corrected chi connectivity index (χ0v) is 16.9. The Balaban J connectivity index is 2.16. The Bertz CT molecular complexity index is 709. The van der Waals surface area contributed by atoms with E-state index >= 15 is 0 Å². The molecule has 27 heavy (non-hydrogen) atoms. The highest BCUT2D eigenvalue weighted by Crippen LogP contribution is 2.24. The van der Waals surface area contributed by atoms with E-state index in [4.69, 9.17) is 9.47 Å². The number of carbonyl (C=O) groups excluding carboxylic acids is 3. The predicted octanol–water partition coefficient (Wildman–Crippen LogP) is 2.65. The molecule has 0 unspecified atom stereocenters. The van der Waals surface area contributed by atoms with Crippen molar-refractivity contribution in [2.45, 2.75) is 53.5 Å². The number of piperidine rings is 1. The third-order valence-electron chi connectivity index (χ3n) is 5.16. The maximum Gasteiger partial charge on any atom is 0.340 e. The Morgan fingerprint density at radius 1 is 1.19 bits per heavy atom. The van der Waals surface area contributed by atoms with E-state index in [0.717, 1.165) is 19.4 Å². The first-order valence-corrected chi connectivity index (χ1v) is 9.62. The summed E-state index contributed by atoms with van der Waals surface area (Å²) in [5, 5.41) is 0. The Hall–Kier alpha value is -2.15. The standard InChI is InChI=1S/C20H30N2O5/c1-6-26-19(24)15-9-8-10-22(11-15)14(5)18(23)17-12(3)16(13(4)21-17)20(25)27-7-2/h14-15,21H,6-11H2,1-5H3/t14-,15-/m1/s1. The van der Waals surface area contributed by atoms with Crippen LogP contribution in [0.4, 0.5) is 0 Å². The van der Waals surface area contributed by atoms with Crippen LogP contribution in [-0.2, 0) is 14.3 Å². The number of esters is 2. The van der Waals surface area contributed by atoms with Crippen molar-refractivity contribution in [2.24, 2.45) is 5.92 Å². The van der Waals surface area contributed by atoms with Crippen LogP contribution in [0.2, 0.25) is 0 Å². The van der Waals surface area contributed by atoms with Gasteiger partial charge in [-0.1, -0.05) is 0 Å². The van der Waals surface area contributed by atoms with Gasteiger partial charge in [0.2, 0.25) is 0 Å². The molecule has 0 saturated carbocycles.